The predicted octanol–water partition coefficient (Wildman–Crippen LogP) is 4.82. The van der Waals surface area contributed by atoms with Crippen LogP contribution in [0.1, 0.15) is 0 Å². The summed E-state index contributed by atoms with van der Waals surface area (Å²) in [5, 5.41) is 2.08. The van der Waals surface area contributed by atoms with Gasteiger partial charge in [0, 0.05) is 49.0 Å². The monoisotopic (exact) mass is 369 g/mol. The van der Waals surface area contributed by atoms with Gasteiger partial charge in [-0.05, 0) is 36.4 Å². The van der Waals surface area contributed by atoms with Gasteiger partial charge in [0.2, 0.25) is 0 Å². The molecule has 0 N–H and O–H groups in total. The Kier molecular flexibility index (Phi) is 3.76. The average Bonchev–Trinajstić information content (AvgIpc) is 3.36. The molecular weight excluding hydrogens is 354 g/mol. The van der Waals surface area contributed by atoms with Crippen LogP contribution in [0.5, 0.6) is 0 Å². The molecule has 5 aromatic rings. The molecule has 5 aromatic heterocycles. The highest BCUT2D eigenvalue weighted by Crippen LogP contribution is 2.35. The SMILES string of the molecule is Cn1ccc2cc(-c3cnc(-c4cccnc4)s3)nc(-c3ccccn3)c21. The van der Waals surface area contributed by atoms with Gasteiger partial charge in [-0.25, -0.2) is 9.97 Å². The van der Waals surface area contributed by atoms with Gasteiger partial charge in [0.25, 0.3) is 0 Å². The van der Waals surface area contributed by atoms with Crippen LogP contribution >= 0.6 is 11.3 Å². The van der Waals surface area contributed by atoms with Gasteiger partial charge in [-0.1, -0.05) is 6.07 Å². The van der Waals surface area contributed by atoms with Crippen LogP contribution < -0.4 is 0 Å². The lowest BCUT2D eigenvalue weighted by Gasteiger charge is -2.07. The second-order valence-corrected chi connectivity index (χ2v) is 7.24. The van der Waals surface area contributed by atoms with Gasteiger partial charge in [-0.15, -0.1) is 11.3 Å². The standard InChI is InChI=1S/C21H15N5S/c1-26-10-7-14-11-17(25-19(20(14)26)16-6-2-3-9-23-16)18-13-24-21(27-18)15-5-4-8-22-12-15/h2-13H,1H3. The minimum absolute atomic E-state index is 0.864. The molecule has 130 valence electrons. The first kappa shape index (κ1) is 15.8. The first-order valence-electron chi connectivity index (χ1n) is 8.54. The molecule has 5 nitrogen and oxygen atoms in total. The van der Waals surface area contributed by atoms with Gasteiger partial charge in [0.05, 0.1) is 21.8 Å². The Bertz CT molecular complexity index is 1230. The molecule has 5 heterocycles. The third kappa shape index (κ3) is 2.80. The van der Waals surface area contributed by atoms with Gasteiger partial charge in [-0.2, -0.15) is 0 Å². The third-order valence-corrected chi connectivity index (χ3v) is 5.50. The quantitative estimate of drug-likeness (QED) is 0.457. The molecule has 0 saturated carbocycles. The number of rotatable bonds is 3. The molecule has 0 aliphatic rings. The summed E-state index contributed by atoms with van der Waals surface area (Å²) in [6.07, 6.45) is 9.33. The number of pyridine rings is 3. The van der Waals surface area contributed by atoms with Crippen molar-refractivity contribution in [2.75, 3.05) is 0 Å². The molecule has 6 heteroatoms. The lowest BCUT2D eigenvalue weighted by atomic mass is 10.1. The Hall–Kier alpha value is -3.38. The van der Waals surface area contributed by atoms with Gasteiger partial charge in [0.15, 0.2) is 0 Å². The lowest BCUT2D eigenvalue weighted by molar-refractivity contribution is 0.966. The molecule has 0 atom stereocenters. The summed E-state index contributed by atoms with van der Waals surface area (Å²) in [5.74, 6) is 0. The fraction of sp³-hybridized carbons (Fsp3) is 0.0476. The maximum atomic E-state index is 4.95. The van der Waals surface area contributed by atoms with E-state index in [9.17, 15) is 0 Å². The number of hydrogen-bond donors (Lipinski definition) is 0. The van der Waals surface area contributed by atoms with Crippen LogP contribution in [0.2, 0.25) is 0 Å². The van der Waals surface area contributed by atoms with Crippen molar-refractivity contribution >= 4 is 22.2 Å². The zero-order valence-corrected chi connectivity index (χ0v) is 15.4. The second-order valence-electron chi connectivity index (χ2n) is 6.21. The van der Waals surface area contributed by atoms with Crippen LogP contribution in [0, 0.1) is 0 Å². The van der Waals surface area contributed by atoms with Gasteiger partial charge in [0.1, 0.15) is 10.7 Å². The van der Waals surface area contributed by atoms with Gasteiger partial charge >= 0.3 is 0 Å². The molecule has 0 aliphatic carbocycles. The largest absolute Gasteiger partial charge is 0.349 e. The number of aromatic nitrogens is 5. The van der Waals surface area contributed by atoms with E-state index in [1.807, 2.05) is 49.8 Å². The summed E-state index contributed by atoms with van der Waals surface area (Å²) in [4.78, 5) is 19.2. The summed E-state index contributed by atoms with van der Waals surface area (Å²) in [5.41, 5.74) is 4.74. The van der Waals surface area contributed by atoms with E-state index < -0.39 is 0 Å². The van der Waals surface area contributed by atoms with Crippen molar-refractivity contribution in [3.63, 3.8) is 0 Å². The van der Waals surface area contributed by atoms with Crippen molar-refractivity contribution in [3.05, 3.63) is 73.4 Å². The highest BCUT2D eigenvalue weighted by atomic mass is 32.1. The summed E-state index contributed by atoms with van der Waals surface area (Å²) < 4.78 is 2.09. The highest BCUT2D eigenvalue weighted by Gasteiger charge is 2.15. The van der Waals surface area contributed by atoms with Crippen molar-refractivity contribution in [3.8, 4) is 32.5 Å². The number of nitrogens with zero attached hydrogens (tertiary/aromatic N) is 5. The minimum Gasteiger partial charge on any atom is -0.349 e. The number of aryl methyl sites for hydroxylation is 1. The van der Waals surface area contributed by atoms with Gasteiger partial charge < -0.3 is 4.57 Å². The van der Waals surface area contributed by atoms with Crippen molar-refractivity contribution in [2.24, 2.45) is 7.05 Å². The van der Waals surface area contributed by atoms with Crippen LogP contribution in [-0.2, 0) is 7.05 Å². The van der Waals surface area contributed by atoms with Crippen LogP contribution in [0.25, 0.3) is 43.4 Å². The maximum absolute atomic E-state index is 4.95. The zero-order chi connectivity index (χ0) is 18.2. The fourth-order valence-electron chi connectivity index (χ4n) is 3.15. The first-order valence-corrected chi connectivity index (χ1v) is 9.35. The van der Waals surface area contributed by atoms with Crippen molar-refractivity contribution < 1.29 is 0 Å². The van der Waals surface area contributed by atoms with Crippen molar-refractivity contribution in [2.45, 2.75) is 0 Å². The van der Waals surface area contributed by atoms with E-state index in [4.69, 9.17) is 4.98 Å². The Morgan fingerprint density at radius 3 is 2.70 bits per heavy atom. The molecule has 0 fully saturated rings. The number of hydrogen-bond acceptors (Lipinski definition) is 5. The Balaban J connectivity index is 1.68. The molecule has 0 bridgehead atoms. The second kappa shape index (κ2) is 6.41. The van der Waals surface area contributed by atoms with E-state index in [0.717, 1.165) is 43.4 Å². The normalized spacial score (nSPS) is 11.1. The first-order chi connectivity index (χ1) is 13.3. The average molecular weight is 369 g/mol. The maximum Gasteiger partial charge on any atom is 0.125 e. The molecule has 0 unspecified atom stereocenters. The van der Waals surface area contributed by atoms with Crippen LogP contribution in [0.3, 0.4) is 0 Å². The zero-order valence-electron chi connectivity index (χ0n) is 14.6. The predicted molar refractivity (Wildman–Crippen MR) is 108 cm³/mol. The Morgan fingerprint density at radius 1 is 0.926 bits per heavy atom. The Morgan fingerprint density at radius 2 is 1.89 bits per heavy atom. The molecule has 0 amide bonds. The number of thiazole rings is 1. The highest BCUT2D eigenvalue weighted by molar-refractivity contribution is 7.18. The van der Waals surface area contributed by atoms with Crippen molar-refractivity contribution in [1.82, 2.24) is 24.5 Å². The molecule has 5 rings (SSSR count). The van der Waals surface area contributed by atoms with Gasteiger partial charge in [-0.3, -0.25) is 9.97 Å². The summed E-state index contributed by atoms with van der Waals surface area (Å²) in [6.45, 7) is 0. The Labute approximate surface area is 160 Å². The molecule has 0 aromatic carbocycles. The van der Waals surface area contributed by atoms with E-state index in [0.29, 0.717) is 0 Å². The van der Waals surface area contributed by atoms with E-state index in [-0.39, 0.29) is 0 Å². The molecule has 0 saturated heterocycles. The van der Waals surface area contributed by atoms with Crippen LogP contribution in [-0.4, -0.2) is 24.5 Å². The molecule has 0 radical (unpaired) electrons. The smallest absolute Gasteiger partial charge is 0.125 e. The van der Waals surface area contributed by atoms with Crippen LogP contribution in [0.4, 0.5) is 0 Å². The fourth-order valence-corrected chi connectivity index (χ4v) is 4.01. The van der Waals surface area contributed by atoms with Crippen molar-refractivity contribution in [1.29, 1.82) is 0 Å². The van der Waals surface area contributed by atoms with Crippen LogP contribution in [0.15, 0.2) is 73.4 Å². The topological polar surface area (TPSA) is 56.5 Å². The van der Waals surface area contributed by atoms with E-state index in [1.165, 1.54) is 0 Å². The lowest BCUT2D eigenvalue weighted by Crippen LogP contribution is -1.95. The third-order valence-electron chi connectivity index (χ3n) is 4.43. The molecule has 0 aliphatic heterocycles. The minimum atomic E-state index is 0.864. The summed E-state index contributed by atoms with van der Waals surface area (Å²) in [6, 6.07) is 14.1. The van der Waals surface area contributed by atoms with E-state index in [2.05, 4.69) is 37.8 Å². The summed E-state index contributed by atoms with van der Waals surface area (Å²) in [7, 11) is 2.03. The molecule has 0 spiro atoms. The summed E-state index contributed by atoms with van der Waals surface area (Å²) >= 11 is 1.62. The van der Waals surface area contributed by atoms with E-state index in [1.54, 1.807) is 23.7 Å². The van der Waals surface area contributed by atoms with E-state index >= 15 is 0 Å². The molecule has 27 heavy (non-hydrogen) atoms. The number of fused-ring (bicyclic) bond motifs is 1. The molecular formula is C21H15N5S.